The highest BCUT2D eigenvalue weighted by molar-refractivity contribution is 7.22. The number of ether oxygens (including phenoxy) is 2. The number of aromatic nitrogens is 1. The second-order valence-electron chi connectivity index (χ2n) is 5.90. The molecule has 0 saturated carbocycles. The number of thiazole rings is 1. The molecule has 0 radical (unpaired) electrons. The number of hydrogen-bond donors (Lipinski definition) is 2. The van der Waals surface area contributed by atoms with Crippen LogP contribution in [0.1, 0.15) is 26.7 Å². The van der Waals surface area contributed by atoms with Gasteiger partial charge in [-0.3, -0.25) is 4.79 Å². The van der Waals surface area contributed by atoms with E-state index in [1.165, 1.54) is 0 Å². The van der Waals surface area contributed by atoms with Crippen molar-refractivity contribution in [2.24, 2.45) is 0 Å². The molecular formula is C17H20F3N3O4S. The molecule has 0 unspecified atom stereocenters. The Kier molecular flexibility index (Phi) is 6.70. The number of benzene rings is 1. The maximum absolute atomic E-state index is 13.7. The molecular weight excluding hydrogens is 399 g/mol. The van der Waals surface area contributed by atoms with E-state index < -0.39 is 23.7 Å². The Labute approximate surface area is 163 Å². The van der Waals surface area contributed by atoms with Crippen LogP contribution in [0.25, 0.3) is 10.2 Å². The summed E-state index contributed by atoms with van der Waals surface area (Å²) in [6.07, 6.45) is -3.34. The number of methoxy groups -OCH3 is 1. The van der Waals surface area contributed by atoms with Gasteiger partial charge in [0.15, 0.2) is 5.13 Å². The van der Waals surface area contributed by atoms with Gasteiger partial charge in [0, 0.05) is 6.92 Å². The summed E-state index contributed by atoms with van der Waals surface area (Å²) in [5, 5.41) is 3.41. The van der Waals surface area contributed by atoms with Gasteiger partial charge in [0.25, 0.3) is 0 Å². The summed E-state index contributed by atoms with van der Waals surface area (Å²) < 4.78 is 51.6. The number of nitrogens with one attached hydrogen (secondary N) is 2. The molecule has 2 N–H and O–H groups in total. The zero-order valence-corrected chi connectivity index (χ0v) is 16.3. The van der Waals surface area contributed by atoms with Crippen LogP contribution in [0.15, 0.2) is 18.2 Å². The molecule has 154 valence electrons. The lowest BCUT2D eigenvalue weighted by Crippen LogP contribution is -2.69. The third kappa shape index (κ3) is 4.64. The molecule has 2 aromatic rings. The smallest absolute Gasteiger partial charge is 0.442 e. The van der Waals surface area contributed by atoms with Crippen LogP contribution in [0.5, 0.6) is 5.75 Å². The average molecular weight is 419 g/mol. The van der Waals surface area contributed by atoms with Crippen LogP contribution in [-0.4, -0.2) is 42.4 Å². The predicted molar refractivity (Wildman–Crippen MR) is 98.3 cm³/mol. The van der Waals surface area contributed by atoms with E-state index in [1.807, 2.05) is 12.2 Å². The molecule has 0 saturated heterocycles. The highest BCUT2D eigenvalue weighted by Gasteiger charge is 2.63. The Morgan fingerprint density at radius 2 is 2.00 bits per heavy atom. The van der Waals surface area contributed by atoms with Gasteiger partial charge in [-0.25, -0.2) is 9.78 Å². The van der Waals surface area contributed by atoms with Crippen molar-refractivity contribution >= 4 is 38.6 Å². The fraction of sp³-hybridized carbons (Fsp3) is 0.471. The lowest BCUT2D eigenvalue weighted by atomic mass is 10.1. The molecule has 1 amide bonds. The quantitative estimate of drug-likeness (QED) is 0.387. The molecule has 1 aromatic heterocycles. The monoisotopic (exact) mass is 419 g/mol. The second-order valence-corrected chi connectivity index (χ2v) is 6.93. The number of halogens is 3. The first-order valence-corrected chi connectivity index (χ1v) is 9.20. The van der Waals surface area contributed by atoms with Crippen molar-refractivity contribution in [3.63, 3.8) is 0 Å². The number of nitrogens with zero attached hydrogens (tertiary/aromatic N) is 1. The fourth-order valence-corrected chi connectivity index (χ4v) is 3.30. The summed E-state index contributed by atoms with van der Waals surface area (Å²) in [6, 6.07) is 4.91. The number of unbranched alkanes of at least 4 members (excludes halogenated alkanes) is 1. The topological polar surface area (TPSA) is 89.5 Å². The van der Waals surface area contributed by atoms with E-state index in [1.54, 1.807) is 23.5 Å². The third-order valence-electron chi connectivity index (χ3n) is 3.70. The average Bonchev–Trinajstić information content (AvgIpc) is 3.00. The molecule has 0 bridgehead atoms. The van der Waals surface area contributed by atoms with Gasteiger partial charge in [-0.1, -0.05) is 24.7 Å². The van der Waals surface area contributed by atoms with Crippen LogP contribution in [0.3, 0.4) is 0 Å². The van der Waals surface area contributed by atoms with Crippen molar-refractivity contribution in [2.75, 3.05) is 19.0 Å². The van der Waals surface area contributed by atoms with E-state index in [0.29, 0.717) is 22.6 Å². The second kappa shape index (κ2) is 8.63. The molecule has 2 rings (SSSR count). The number of hydrogen-bond acceptors (Lipinski definition) is 7. The van der Waals surface area contributed by atoms with Gasteiger partial charge in [0.05, 0.1) is 23.9 Å². The lowest BCUT2D eigenvalue weighted by molar-refractivity contribution is -0.206. The van der Waals surface area contributed by atoms with E-state index >= 15 is 0 Å². The van der Waals surface area contributed by atoms with Gasteiger partial charge < -0.3 is 20.1 Å². The standard InChI is InChI=1S/C17H20F3N3O4S/c1-4-5-8-27-11-6-7-12-13(9-11)28-15(21-12)23-16(14(25)26-3,17(18,19)20)22-10(2)24/h6-7,9H,4-5,8H2,1-3H3,(H,21,23)(H,22,24)/t16-/m1/s1. The Hall–Kier alpha value is -2.56. The molecule has 28 heavy (non-hydrogen) atoms. The van der Waals surface area contributed by atoms with Crippen LogP contribution in [0.4, 0.5) is 18.3 Å². The normalized spacial score (nSPS) is 13.6. The molecule has 0 aliphatic rings. The SMILES string of the molecule is CCCCOc1ccc2nc(N[C@](NC(C)=O)(C(=O)OC)C(F)(F)F)sc2c1. The van der Waals surface area contributed by atoms with Crippen molar-refractivity contribution < 1.29 is 32.2 Å². The first-order valence-electron chi connectivity index (χ1n) is 8.38. The minimum Gasteiger partial charge on any atom is -0.494 e. The summed E-state index contributed by atoms with van der Waals surface area (Å²) in [5.74, 6) is -2.21. The molecule has 11 heteroatoms. The summed E-state index contributed by atoms with van der Waals surface area (Å²) in [5.41, 5.74) is -3.04. The Morgan fingerprint density at radius 3 is 2.57 bits per heavy atom. The van der Waals surface area contributed by atoms with Gasteiger partial charge in [-0.05, 0) is 24.6 Å². The number of carbonyl (C=O) groups is 2. The summed E-state index contributed by atoms with van der Waals surface area (Å²) >= 11 is 0.887. The number of fused-ring (bicyclic) bond motifs is 1. The highest BCUT2D eigenvalue weighted by atomic mass is 32.1. The third-order valence-corrected chi connectivity index (χ3v) is 4.63. The molecule has 0 fully saturated rings. The maximum atomic E-state index is 13.7. The molecule has 1 atom stereocenters. The fourth-order valence-electron chi connectivity index (χ4n) is 2.35. The summed E-state index contributed by atoms with van der Waals surface area (Å²) in [6.45, 7) is 3.41. The Balaban J connectivity index is 2.39. The number of carbonyl (C=O) groups excluding carboxylic acids is 2. The van der Waals surface area contributed by atoms with Crippen molar-refractivity contribution in [3.8, 4) is 5.75 Å². The molecule has 1 heterocycles. The summed E-state index contributed by atoms with van der Waals surface area (Å²) in [4.78, 5) is 27.4. The van der Waals surface area contributed by atoms with E-state index in [0.717, 1.165) is 38.2 Å². The van der Waals surface area contributed by atoms with Crippen molar-refractivity contribution in [1.29, 1.82) is 0 Å². The maximum Gasteiger partial charge on any atom is 0.442 e. The van der Waals surface area contributed by atoms with Crippen LogP contribution in [0, 0.1) is 0 Å². The zero-order chi connectivity index (χ0) is 20.9. The van der Waals surface area contributed by atoms with Gasteiger partial charge in [-0.2, -0.15) is 13.2 Å². The first-order chi connectivity index (χ1) is 13.1. The molecule has 1 aromatic carbocycles. The van der Waals surface area contributed by atoms with E-state index in [2.05, 4.69) is 9.72 Å². The van der Waals surface area contributed by atoms with Gasteiger partial charge >= 0.3 is 17.8 Å². The van der Waals surface area contributed by atoms with Crippen molar-refractivity contribution in [2.45, 2.75) is 38.5 Å². The number of esters is 1. The molecule has 0 spiro atoms. The van der Waals surface area contributed by atoms with Crippen LogP contribution in [-0.2, 0) is 14.3 Å². The molecule has 7 nitrogen and oxygen atoms in total. The number of rotatable bonds is 8. The largest absolute Gasteiger partial charge is 0.494 e. The zero-order valence-electron chi connectivity index (χ0n) is 15.5. The van der Waals surface area contributed by atoms with Gasteiger partial charge in [-0.15, -0.1) is 0 Å². The van der Waals surface area contributed by atoms with Crippen LogP contribution in [0.2, 0.25) is 0 Å². The predicted octanol–water partition coefficient (Wildman–Crippen LogP) is 3.45. The number of amides is 1. The van der Waals surface area contributed by atoms with Crippen molar-refractivity contribution in [1.82, 2.24) is 10.3 Å². The highest BCUT2D eigenvalue weighted by Crippen LogP contribution is 2.36. The van der Waals surface area contributed by atoms with Crippen molar-refractivity contribution in [3.05, 3.63) is 18.2 Å². The number of alkyl halides is 3. The van der Waals surface area contributed by atoms with E-state index in [4.69, 9.17) is 4.74 Å². The Morgan fingerprint density at radius 1 is 1.29 bits per heavy atom. The number of anilines is 1. The van der Waals surface area contributed by atoms with Gasteiger partial charge in [0.1, 0.15) is 5.75 Å². The minimum atomic E-state index is -5.18. The van der Waals surface area contributed by atoms with E-state index in [9.17, 15) is 22.8 Å². The van der Waals surface area contributed by atoms with Crippen LogP contribution < -0.4 is 15.4 Å². The van der Waals surface area contributed by atoms with E-state index in [-0.39, 0.29) is 5.13 Å². The molecule has 0 aliphatic carbocycles. The van der Waals surface area contributed by atoms with Crippen LogP contribution >= 0.6 is 11.3 Å². The lowest BCUT2D eigenvalue weighted by Gasteiger charge is -2.33. The first kappa shape index (κ1) is 21.7. The van der Waals surface area contributed by atoms with Gasteiger partial charge in [0.2, 0.25) is 5.91 Å². The summed E-state index contributed by atoms with van der Waals surface area (Å²) in [7, 11) is 0.796. The minimum absolute atomic E-state index is 0.211. The molecule has 0 aliphatic heterocycles. The Bertz CT molecular complexity index is 856.